The summed E-state index contributed by atoms with van der Waals surface area (Å²) in [6.07, 6.45) is 1.43. The van der Waals surface area contributed by atoms with Crippen LogP contribution >= 0.6 is 0 Å². The molecule has 1 amide bonds. The molecular weight excluding hydrogens is 180 g/mol. The van der Waals surface area contributed by atoms with E-state index in [-0.39, 0.29) is 5.91 Å². The Morgan fingerprint density at radius 3 is 2.50 bits per heavy atom. The third-order valence-corrected chi connectivity index (χ3v) is 1.66. The van der Waals surface area contributed by atoms with Gasteiger partial charge in [0, 0.05) is 26.1 Å². The Morgan fingerprint density at radius 2 is 2.00 bits per heavy atom. The van der Waals surface area contributed by atoms with Crippen molar-refractivity contribution in [1.29, 1.82) is 0 Å². The van der Waals surface area contributed by atoms with Crippen molar-refractivity contribution in [3.63, 3.8) is 0 Å². The van der Waals surface area contributed by atoms with Gasteiger partial charge in [-0.05, 0) is 20.3 Å². The van der Waals surface area contributed by atoms with E-state index < -0.39 is 5.60 Å². The maximum absolute atomic E-state index is 11.1. The Kier molecular flexibility index (Phi) is 6.49. The minimum Gasteiger partial charge on any atom is -0.389 e. The topological polar surface area (TPSA) is 61.4 Å². The fourth-order valence-electron chi connectivity index (χ4n) is 0.949. The summed E-state index contributed by atoms with van der Waals surface area (Å²) in [5.74, 6) is 0.0649. The quantitative estimate of drug-likeness (QED) is 0.519. The van der Waals surface area contributed by atoms with Crippen molar-refractivity contribution in [2.45, 2.75) is 39.2 Å². The third kappa shape index (κ3) is 9.48. The lowest BCUT2D eigenvalue weighted by molar-refractivity contribution is -0.121. The molecule has 0 atom stereocenters. The van der Waals surface area contributed by atoms with E-state index in [1.807, 2.05) is 6.92 Å². The monoisotopic (exact) mass is 202 g/mol. The maximum Gasteiger partial charge on any atom is 0.221 e. The summed E-state index contributed by atoms with van der Waals surface area (Å²) in [4.78, 5) is 11.1. The van der Waals surface area contributed by atoms with Gasteiger partial charge in [-0.25, -0.2) is 0 Å². The van der Waals surface area contributed by atoms with Gasteiger partial charge in [0.2, 0.25) is 5.91 Å². The average molecular weight is 202 g/mol. The highest BCUT2D eigenvalue weighted by molar-refractivity contribution is 5.75. The van der Waals surface area contributed by atoms with Crippen LogP contribution in [0.1, 0.15) is 33.6 Å². The SMILES string of the molecule is CCCNC(=O)CCNCC(C)(C)O. The summed E-state index contributed by atoms with van der Waals surface area (Å²) >= 11 is 0. The van der Waals surface area contributed by atoms with E-state index in [0.29, 0.717) is 19.5 Å². The number of aliphatic hydroxyl groups is 1. The smallest absolute Gasteiger partial charge is 0.221 e. The number of rotatable bonds is 7. The first-order valence-corrected chi connectivity index (χ1v) is 5.15. The van der Waals surface area contributed by atoms with Crippen molar-refractivity contribution in [2.75, 3.05) is 19.6 Å². The van der Waals surface area contributed by atoms with Gasteiger partial charge in [-0.15, -0.1) is 0 Å². The average Bonchev–Trinajstić information content (AvgIpc) is 2.07. The van der Waals surface area contributed by atoms with Gasteiger partial charge in [-0.1, -0.05) is 6.92 Å². The zero-order valence-corrected chi connectivity index (χ0v) is 9.39. The molecule has 0 spiro atoms. The fraction of sp³-hybridized carbons (Fsp3) is 0.900. The highest BCUT2D eigenvalue weighted by Gasteiger charge is 2.11. The predicted molar refractivity (Wildman–Crippen MR) is 57.1 cm³/mol. The number of nitrogens with one attached hydrogen (secondary N) is 2. The molecule has 4 nitrogen and oxygen atoms in total. The third-order valence-electron chi connectivity index (χ3n) is 1.66. The molecule has 84 valence electrons. The van der Waals surface area contributed by atoms with E-state index in [2.05, 4.69) is 10.6 Å². The first-order valence-electron chi connectivity index (χ1n) is 5.15. The summed E-state index contributed by atoms with van der Waals surface area (Å²) in [5, 5.41) is 15.2. The summed E-state index contributed by atoms with van der Waals surface area (Å²) < 4.78 is 0. The van der Waals surface area contributed by atoms with Gasteiger partial charge in [-0.3, -0.25) is 4.79 Å². The highest BCUT2D eigenvalue weighted by atomic mass is 16.3. The molecule has 0 aliphatic rings. The van der Waals surface area contributed by atoms with E-state index in [9.17, 15) is 9.90 Å². The Morgan fingerprint density at radius 1 is 1.36 bits per heavy atom. The highest BCUT2D eigenvalue weighted by Crippen LogP contribution is 1.96. The van der Waals surface area contributed by atoms with Gasteiger partial charge in [0.1, 0.15) is 0 Å². The Bertz CT molecular complexity index is 164. The van der Waals surface area contributed by atoms with Crippen LogP contribution in [0, 0.1) is 0 Å². The second kappa shape index (κ2) is 6.79. The summed E-state index contributed by atoms with van der Waals surface area (Å²) in [6.45, 7) is 7.35. The van der Waals surface area contributed by atoms with Crippen LogP contribution in [-0.4, -0.2) is 36.2 Å². The standard InChI is InChI=1S/C10H22N2O2/c1-4-6-12-9(13)5-7-11-8-10(2,3)14/h11,14H,4-8H2,1-3H3,(H,12,13). The summed E-state index contributed by atoms with van der Waals surface area (Å²) in [6, 6.07) is 0. The molecule has 0 aliphatic carbocycles. The molecule has 4 heteroatoms. The number of carbonyl (C=O) groups is 1. The van der Waals surface area contributed by atoms with Crippen LogP contribution < -0.4 is 10.6 Å². The Balaban J connectivity index is 3.32. The second-order valence-electron chi connectivity index (χ2n) is 4.09. The van der Waals surface area contributed by atoms with Crippen LogP contribution in [0.4, 0.5) is 0 Å². The van der Waals surface area contributed by atoms with Gasteiger partial charge in [0.25, 0.3) is 0 Å². The van der Waals surface area contributed by atoms with Crippen LogP contribution in [0.25, 0.3) is 0 Å². The van der Waals surface area contributed by atoms with E-state index in [4.69, 9.17) is 0 Å². The molecule has 0 aromatic carbocycles. The van der Waals surface area contributed by atoms with E-state index in [1.165, 1.54) is 0 Å². The normalized spacial score (nSPS) is 11.4. The van der Waals surface area contributed by atoms with Crippen molar-refractivity contribution in [3.8, 4) is 0 Å². The number of amides is 1. The lowest BCUT2D eigenvalue weighted by Gasteiger charge is -2.17. The van der Waals surface area contributed by atoms with Gasteiger partial charge < -0.3 is 15.7 Å². The molecule has 0 radical (unpaired) electrons. The molecule has 0 aliphatic heterocycles. The van der Waals surface area contributed by atoms with Gasteiger partial charge >= 0.3 is 0 Å². The van der Waals surface area contributed by atoms with E-state index >= 15 is 0 Å². The van der Waals surface area contributed by atoms with Gasteiger partial charge in [0.15, 0.2) is 0 Å². The summed E-state index contributed by atoms with van der Waals surface area (Å²) in [5.41, 5.74) is -0.708. The molecule has 0 heterocycles. The largest absolute Gasteiger partial charge is 0.389 e. The first kappa shape index (κ1) is 13.4. The minimum absolute atomic E-state index is 0.0649. The molecule has 0 fully saturated rings. The summed E-state index contributed by atoms with van der Waals surface area (Å²) in [7, 11) is 0. The molecule has 0 bridgehead atoms. The molecule has 0 aromatic heterocycles. The molecule has 14 heavy (non-hydrogen) atoms. The molecule has 0 saturated heterocycles. The van der Waals surface area contributed by atoms with Crippen molar-refractivity contribution in [1.82, 2.24) is 10.6 Å². The van der Waals surface area contributed by atoms with Gasteiger partial charge in [-0.2, -0.15) is 0 Å². The minimum atomic E-state index is -0.708. The molecule has 0 rings (SSSR count). The Hall–Kier alpha value is -0.610. The fourth-order valence-corrected chi connectivity index (χ4v) is 0.949. The first-order chi connectivity index (χ1) is 6.45. The van der Waals surface area contributed by atoms with Crippen LogP contribution in [0.15, 0.2) is 0 Å². The number of hydrogen-bond donors (Lipinski definition) is 3. The Labute approximate surface area is 86.1 Å². The molecule has 3 N–H and O–H groups in total. The van der Waals surface area contributed by atoms with E-state index in [0.717, 1.165) is 13.0 Å². The predicted octanol–water partition coefficient (Wildman–Crippen LogP) is 0.263. The molecule has 0 unspecified atom stereocenters. The maximum atomic E-state index is 11.1. The zero-order chi connectivity index (χ0) is 11.0. The zero-order valence-electron chi connectivity index (χ0n) is 9.39. The number of carbonyl (C=O) groups excluding carboxylic acids is 1. The van der Waals surface area contributed by atoms with Crippen molar-refractivity contribution in [3.05, 3.63) is 0 Å². The molecule has 0 saturated carbocycles. The van der Waals surface area contributed by atoms with Crippen LogP contribution in [-0.2, 0) is 4.79 Å². The second-order valence-corrected chi connectivity index (χ2v) is 4.09. The lowest BCUT2D eigenvalue weighted by Crippen LogP contribution is -2.36. The van der Waals surface area contributed by atoms with Crippen LogP contribution in [0.2, 0.25) is 0 Å². The molecule has 0 aromatic rings. The van der Waals surface area contributed by atoms with Crippen LogP contribution in [0.5, 0.6) is 0 Å². The molecular formula is C10H22N2O2. The van der Waals surface area contributed by atoms with E-state index in [1.54, 1.807) is 13.8 Å². The lowest BCUT2D eigenvalue weighted by atomic mass is 10.1. The van der Waals surface area contributed by atoms with Gasteiger partial charge in [0.05, 0.1) is 5.60 Å². The van der Waals surface area contributed by atoms with Crippen LogP contribution in [0.3, 0.4) is 0 Å². The van der Waals surface area contributed by atoms with Crippen molar-refractivity contribution >= 4 is 5.91 Å². The van der Waals surface area contributed by atoms with Crippen molar-refractivity contribution < 1.29 is 9.90 Å². The van der Waals surface area contributed by atoms with Crippen molar-refractivity contribution in [2.24, 2.45) is 0 Å². The number of hydrogen-bond acceptors (Lipinski definition) is 3.